The molecule has 1 N–H and O–H groups in total. The molecule has 2 aromatic heterocycles. The molecule has 1 atom stereocenters. The SMILES string of the molecule is CCOc1ccc2oc(C(=O)NC[C@@H](C)c3nc4ccccc4n3C(F)F)c(C)c2c1. The molecule has 6 nitrogen and oxygen atoms in total. The average molecular weight is 427 g/mol. The number of fused-ring (bicyclic) bond motifs is 2. The smallest absolute Gasteiger partial charge is 0.320 e. The second kappa shape index (κ2) is 8.37. The van der Waals surface area contributed by atoms with Gasteiger partial charge in [-0.25, -0.2) is 4.98 Å². The normalized spacial score (nSPS) is 12.6. The first-order valence-electron chi connectivity index (χ1n) is 10.1. The number of aromatic nitrogens is 2. The van der Waals surface area contributed by atoms with E-state index in [1.54, 1.807) is 50.2 Å². The molecule has 0 spiro atoms. The van der Waals surface area contributed by atoms with Crippen molar-refractivity contribution in [1.82, 2.24) is 14.9 Å². The van der Waals surface area contributed by atoms with Gasteiger partial charge in [0.25, 0.3) is 5.91 Å². The summed E-state index contributed by atoms with van der Waals surface area (Å²) < 4.78 is 39.5. The van der Waals surface area contributed by atoms with Crippen LogP contribution in [0.1, 0.15) is 48.3 Å². The summed E-state index contributed by atoms with van der Waals surface area (Å²) in [7, 11) is 0. The van der Waals surface area contributed by atoms with Crippen molar-refractivity contribution in [3.8, 4) is 5.75 Å². The maximum Gasteiger partial charge on any atom is 0.320 e. The Kier molecular flexibility index (Phi) is 5.63. The number of furan rings is 1. The second-order valence-electron chi connectivity index (χ2n) is 7.36. The van der Waals surface area contributed by atoms with Crippen LogP contribution in [0.3, 0.4) is 0 Å². The van der Waals surface area contributed by atoms with Gasteiger partial charge in [-0.3, -0.25) is 9.36 Å². The van der Waals surface area contributed by atoms with Crippen molar-refractivity contribution >= 4 is 27.9 Å². The quantitative estimate of drug-likeness (QED) is 0.428. The van der Waals surface area contributed by atoms with Gasteiger partial charge in [-0.2, -0.15) is 8.78 Å². The van der Waals surface area contributed by atoms with Gasteiger partial charge < -0.3 is 14.5 Å². The van der Waals surface area contributed by atoms with Crippen molar-refractivity contribution in [3.63, 3.8) is 0 Å². The van der Waals surface area contributed by atoms with Gasteiger partial charge in [0.1, 0.15) is 17.2 Å². The lowest BCUT2D eigenvalue weighted by Crippen LogP contribution is -2.28. The van der Waals surface area contributed by atoms with Gasteiger partial charge in [-0.1, -0.05) is 19.1 Å². The van der Waals surface area contributed by atoms with Crippen LogP contribution in [0.25, 0.3) is 22.0 Å². The number of benzene rings is 2. The van der Waals surface area contributed by atoms with E-state index in [9.17, 15) is 13.6 Å². The highest BCUT2D eigenvalue weighted by Gasteiger charge is 2.23. The number of amides is 1. The lowest BCUT2D eigenvalue weighted by molar-refractivity contribution is 0.0703. The van der Waals surface area contributed by atoms with Crippen LogP contribution in [0, 0.1) is 6.92 Å². The number of ether oxygens (including phenoxy) is 1. The predicted octanol–water partition coefficient (Wildman–Crippen LogP) is 5.42. The van der Waals surface area contributed by atoms with Crippen molar-refractivity contribution in [1.29, 1.82) is 0 Å². The lowest BCUT2D eigenvalue weighted by Gasteiger charge is -2.14. The van der Waals surface area contributed by atoms with E-state index >= 15 is 0 Å². The number of nitrogens with one attached hydrogen (secondary N) is 1. The third-order valence-corrected chi connectivity index (χ3v) is 5.25. The van der Waals surface area contributed by atoms with Crippen LogP contribution in [-0.4, -0.2) is 28.6 Å². The summed E-state index contributed by atoms with van der Waals surface area (Å²) in [5.41, 5.74) is 2.14. The molecule has 0 saturated carbocycles. The number of rotatable bonds is 7. The van der Waals surface area contributed by atoms with E-state index in [2.05, 4.69) is 10.3 Å². The van der Waals surface area contributed by atoms with E-state index in [1.807, 2.05) is 13.0 Å². The molecular weight excluding hydrogens is 404 g/mol. The van der Waals surface area contributed by atoms with E-state index < -0.39 is 18.4 Å². The monoisotopic (exact) mass is 427 g/mol. The molecule has 31 heavy (non-hydrogen) atoms. The van der Waals surface area contributed by atoms with Gasteiger partial charge in [0.05, 0.1) is 17.6 Å². The molecule has 0 aliphatic carbocycles. The third-order valence-electron chi connectivity index (χ3n) is 5.25. The van der Waals surface area contributed by atoms with Gasteiger partial charge in [0, 0.05) is 23.4 Å². The predicted molar refractivity (Wildman–Crippen MR) is 114 cm³/mol. The standard InChI is InChI=1S/C23H23F2N3O3/c1-4-30-15-9-10-19-16(11-15)14(3)20(31-19)22(29)26-12-13(2)21-27-17-7-5-6-8-18(17)28(21)23(24)25/h5-11,13,23H,4,12H2,1-3H3,(H,26,29)/t13-/m1/s1. The van der Waals surface area contributed by atoms with Crippen LogP contribution in [-0.2, 0) is 0 Å². The molecule has 0 fully saturated rings. The summed E-state index contributed by atoms with van der Waals surface area (Å²) in [4.78, 5) is 17.1. The summed E-state index contributed by atoms with van der Waals surface area (Å²) in [6.07, 6.45) is 0. The Bertz CT molecular complexity index is 1250. The largest absolute Gasteiger partial charge is 0.494 e. The molecule has 0 aliphatic heterocycles. The zero-order valence-corrected chi connectivity index (χ0v) is 17.5. The fraction of sp³-hybridized carbons (Fsp3) is 0.304. The highest BCUT2D eigenvalue weighted by Crippen LogP contribution is 2.30. The van der Waals surface area contributed by atoms with Gasteiger partial charge in [-0.15, -0.1) is 0 Å². The van der Waals surface area contributed by atoms with Crippen molar-refractivity contribution in [3.05, 3.63) is 59.6 Å². The van der Waals surface area contributed by atoms with E-state index in [0.717, 1.165) is 9.95 Å². The molecule has 1 amide bonds. The van der Waals surface area contributed by atoms with Crippen LogP contribution >= 0.6 is 0 Å². The zero-order chi connectivity index (χ0) is 22.1. The molecule has 0 saturated heterocycles. The second-order valence-corrected chi connectivity index (χ2v) is 7.36. The Morgan fingerprint density at radius 1 is 1.26 bits per heavy atom. The Hall–Kier alpha value is -3.42. The van der Waals surface area contributed by atoms with Crippen molar-refractivity contribution in [2.45, 2.75) is 33.2 Å². The Balaban J connectivity index is 1.54. The number of para-hydroxylation sites is 2. The number of hydrogen-bond acceptors (Lipinski definition) is 4. The van der Waals surface area contributed by atoms with Gasteiger partial charge >= 0.3 is 6.55 Å². The van der Waals surface area contributed by atoms with E-state index in [0.29, 0.717) is 34.5 Å². The maximum absolute atomic E-state index is 13.7. The summed E-state index contributed by atoms with van der Waals surface area (Å²) in [5, 5.41) is 3.58. The maximum atomic E-state index is 13.7. The Morgan fingerprint density at radius 2 is 2.03 bits per heavy atom. The number of imidazole rings is 1. The van der Waals surface area contributed by atoms with E-state index in [4.69, 9.17) is 9.15 Å². The minimum Gasteiger partial charge on any atom is -0.494 e. The van der Waals surface area contributed by atoms with E-state index in [1.165, 1.54) is 0 Å². The number of nitrogens with zero attached hydrogens (tertiary/aromatic N) is 2. The third kappa shape index (κ3) is 3.85. The van der Waals surface area contributed by atoms with Crippen LogP contribution in [0.4, 0.5) is 8.78 Å². The molecule has 8 heteroatoms. The van der Waals surface area contributed by atoms with Crippen LogP contribution in [0.5, 0.6) is 5.75 Å². The highest BCUT2D eigenvalue weighted by molar-refractivity contribution is 5.99. The molecular formula is C23H23F2N3O3. The van der Waals surface area contributed by atoms with Crippen LogP contribution in [0.2, 0.25) is 0 Å². The van der Waals surface area contributed by atoms with Gasteiger partial charge in [0.15, 0.2) is 5.76 Å². The molecule has 4 rings (SSSR count). The van der Waals surface area contributed by atoms with Crippen LogP contribution < -0.4 is 10.1 Å². The number of alkyl halides is 2. The summed E-state index contributed by atoms with van der Waals surface area (Å²) in [6, 6.07) is 12.1. The van der Waals surface area contributed by atoms with E-state index in [-0.39, 0.29) is 18.1 Å². The zero-order valence-electron chi connectivity index (χ0n) is 17.5. The molecule has 0 unspecified atom stereocenters. The average Bonchev–Trinajstić information content (AvgIpc) is 3.30. The first-order valence-corrected chi connectivity index (χ1v) is 10.1. The lowest BCUT2D eigenvalue weighted by atomic mass is 10.1. The topological polar surface area (TPSA) is 69.3 Å². The van der Waals surface area contributed by atoms with Gasteiger partial charge in [-0.05, 0) is 44.2 Å². The molecule has 162 valence electrons. The molecule has 0 aliphatic rings. The highest BCUT2D eigenvalue weighted by atomic mass is 19.3. The first-order chi connectivity index (χ1) is 14.9. The number of hydrogen-bond donors (Lipinski definition) is 1. The van der Waals surface area contributed by atoms with Crippen molar-refractivity contribution in [2.24, 2.45) is 0 Å². The van der Waals surface area contributed by atoms with Crippen LogP contribution in [0.15, 0.2) is 46.9 Å². The van der Waals surface area contributed by atoms with Gasteiger partial charge in [0.2, 0.25) is 0 Å². The number of carbonyl (C=O) groups excluding carboxylic acids is 1. The molecule has 2 heterocycles. The number of halogens is 2. The first kappa shape index (κ1) is 20.8. The fourth-order valence-electron chi connectivity index (χ4n) is 3.71. The Labute approximate surface area is 177 Å². The molecule has 0 radical (unpaired) electrons. The molecule has 0 bridgehead atoms. The summed E-state index contributed by atoms with van der Waals surface area (Å²) in [5.74, 6) is 0.278. The Morgan fingerprint density at radius 3 is 2.77 bits per heavy atom. The molecule has 2 aromatic carbocycles. The minimum absolute atomic E-state index is 0.134. The number of carbonyl (C=O) groups is 1. The fourth-order valence-corrected chi connectivity index (χ4v) is 3.71. The molecule has 4 aromatic rings. The van der Waals surface area contributed by atoms with Crippen molar-refractivity contribution < 1.29 is 22.7 Å². The summed E-state index contributed by atoms with van der Waals surface area (Å²) >= 11 is 0. The minimum atomic E-state index is -2.72. The summed E-state index contributed by atoms with van der Waals surface area (Å²) in [6.45, 7) is 3.40. The van der Waals surface area contributed by atoms with Crippen molar-refractivity contribution in [2.75, 3.05) is 13.2 Å². The number of aryl methyl sites for hydroxylation is 1.